The molecule has 2 heterocycles. The molecule has 0 saturated heterocycles. The van der Waals surface area contributed by atoms with E-state index in [1.54, 1.807) is 12.4 Å². The maximum absolute atomic E-state index is 11.0. The SMILES string of the molecule is CNc1nc(C)cc(NCc2csc(=O)[nH]2)n1. The first-order chi connectivity index (χ1) is 8.17. The van der Waals surface area contributed by atoms with E-state index in [2.05, 4.69) is 25.6 Å². The third kappa shape index (κ3) is 3.04. The van der Waals surface area contributed by atoms with E-state index in [4.69, 9.17) is 0 Å². The summed E-state index contributed by atoms with van der Waals surface area (Å²) in [6.07, 6.45) is 0. The molecule has 90 valence electrons. The number of rotatable bonds is 4. The van der Waals surface area contributed by atoms with E-state index in [1.165, 1.54) is 0 Å². The van der Waals surface area contributed by atoms with Crippen LogP contribution in [0.5, 0.6) is 0 Å². The molecule has 2 aromatic heterocycles. The molecule has 17 heavy (non-hydrogen) atoms. The van der Waals surface area contributed by atoms with Gasteiger partial charge in [0.05, 0.1) is 6.54 Å². The van der Waals surface area contributed by atoms with Crippen molar-refractivity contribution in [2.75, 3.05) is 17.7 Å². The van der Waals surface area contributed by atoms with Crippen molar-refractivity contribution in [2.24, 2.45) is 0 Å². The molecule has 0 amide bonds. The first kappa shape index (κ1) is 11.6. The van der Waals surface area contributed by atoms with E-state index in [9.17, 15) is 4.79 Å². The lowest BCUT2D eigenvalue weighted by atomic mass is 10.4. The van der Waals surface area contributed by atoms with Crippen molar-refractivity contribution < 1.29 is 0 Å². The molecule has 2 rings (SSSR count). The van der Waals surface area contributed by atoms with E-state index in [1.807, 2.05) is 13.0 Å². The summed E-state index contributed by atoms with van der Waals surface area (Å²) in [7, 11) is 1.77. The standard InChI is InChI=1S/C10H13N5OS/c1-6-3-8(15-9(11-2)13-6)12-4-7-5-17-10(16)14-7/h3,5H,4H2,1-2H3,(H,14,16)(H2,11,12,13,15). The number of nitrogens with one attached hydrogen (secondary N) is 3. The molecular weight excluding hydrogens is 238 g/mol. The Morgan fingerprint density at radius 2 is 2.29 bits per heavy atom. The van der Waals surface area contributed by atoms with E-state index in [0.717, 1.165) is 28.5 Å². The molecule has 3 N–H and O–H groups in total. The molecule has 0 fully saturated rings. The van der Waals surface area contributed by atoms with Crippen molar-refractivity contribution in [3.05, 3.63) is 32.5 Å². The maximum Gasteiger partial charge on any atom is 0.304 e. The van der Waals surface area contributed by atoms with Gasteiger partial charge in [-0.3, -0.25) is 4.79 Å². The first-order valence-electron chi connectivity index (χ1n) is 5.11. The summed E-state index contributed by atoms with van der Waals surface area (Å²) in [5.41, 5.74) is 1.73. The highest BCUT2D eigenvalue weighted by Gasteiger charge is 2.01. The lowest BCUT2D eigenvalue weighted by molar-refractivity contribution is 1.02. The number of thiazole rings is 1. The van der Waals surface area contributed by atoms with Gasteiger partial charge in [0.25, 0.3) is 0 Å². The molecule has 0 atom stereocenters. The summed E-state index contributed by atoms with van der Waals surface area (Å²) in [5, 5.41) is 7.82. The summed E-state index contributed by atoms with van der Waals surface area (Å²) in [6, 6.07) is 1.85. The van der Waals surface area contributed by atoms with Crippen LogP contribution in [0, 0.1) is 6.92 Å². The Hall–Kier alpha value is -1.89. The van der Waals surface area contributed by atoms with Gasteiger partial charge in [0.1, 0.15) is 5.82 Å². The number of aryl methyl sites for hydroxylation is 1. The molecule has 0 unspecified atom stereocenters. The van der Waals surface area contributed by atoms with Crippen molar-refractivity contribution in [3.63, 3.8) is 0 Å². The molecule has 0 aliphatic rings. The van der Waals surface area contributed by atoms with Gasteiger partial charge in [-0.25, -0.2) is 4.98 Å². The van der Waals surface area contributed by atoms with Crippen LogP contribution in [0.25, 0.3) is 0 Å². The Bertz CT molecular complexity index is 562. The molecule has 0 saturated carbocycles. The molecule has 7 heteroatoms. The van der Waals surface area contributed by atoms with Crippen molar-refractivity contribution in [3.8, 4) is 0 Å². The number of hydrogen-bond acceptors (Lipinski definition) is 6. The highest BCUT2D eigenvalue weighted by Crippen LogP contribution is 2.10. The van der Waals surface area contributed by atoms with Crippen LogP contribution in [-0.2, 0) is 6.54 Å². The topological polar surface area (TPSA) is 82.7 Å². The Labute approximate surface area is 102 Å². The van der Waals surface area contributed by atoms with Crippen molar-refractivity contribution in [1.82, 2.24) is 15.0 Å². The molecule has 6 nitrogen and oxygen atoms in total. The van der Waals surface area contributed by atoms with Gasteiger partial charge in [0.15, 0.2) is 0 Å². The van der Waals surface area contributed by atoms with Crippen molar-refractivity contribution in [1.29, 1.82) is 0 Å². The second-order valence-corrected chi connectivity index (χ2v) is 4.34. The fourth-order valence-corrected chi connectivity index (χ4v) is 1.94. The third-order valence-corrected chi connectivity index (χ3v) is 2.83. The van der Waals surface area contributed by atoms with Crippen LogP contribution in [0.3, 0.4) is 0 Å². The highest BCUT2D eigenvalue weighted by atomic mass is 32.1. The predicted octanol–water partition coefficient (Wildman–Crippen LogP) is 1.19. The average molecular weight is 251 g/mol. The smallest absolute Gasteiger partial charge is 0.304 e. The van der Waals surface area contributed by atoms with E-state index < -0.39 is 0 Å². The van der Waals surface area contributed by atoms with Crippen LogP contribution < -0.4 is 15.5 Å². The second-order valence-electron chi connectivity index (χ2n) is 3.50. The molecule has 0 bridgehead atoms. The zero-order chi connectivity index (χ0) is 12.3. The Morgan fingerprint density at radius 3 is 2.94 bits per heavy atom. The van der Waals surface area contributed by atoms with Gasteiger partial charge in [-0.1, -0.05) is 11.3 Å². The maximum atomic E-state index is 11.0. The number of aromatic amines is 1. The molecule has 0 spiro atoms. The lowest BCUT2D eigenvalue weighted by Crippen LogP contribution is -2.06. The van der Waals surface area contributed by atoms with Crippen LogP contribution in [0.15, 0.2) is 16.2 Å². The zero-order valence-electron chi connectivity index (χ0n) is 9.57. The number of aromatic nitrogens is 3. The minimum absolute atomic E-state index is 0.0448. The summed E-state index contributed by atoms with van der Waals surface area (Å²) < 4.78 is 0. The number of nitrogens with zero attached hydrogens (tertiary/aromatic N) is 2. The first-order valence-corrected chi connectivity index (χ1v) is 5.99. The van der Waals surface area contributed by atoms with Crippen LogP contribution in [0.4, 0.5) is 11.8 Å². The van der Waals surface area contributed by atoms with Gasteiger partial charge in [0, 0.05) is 29.9 Å². The second kappa shape index (κ2) is 4.96. The monoisotopic (exact) mass is 251 g/mol. The molecule has 0 aliphatic carbocycles. The molecule has 0 radical (unpaired) electrons. The number of hydrogen-bond donors (Lipinski definition) is 3. The molecule has 0 aromatic carbocycles. The third-order valence-electron chi connectivity index (χ3n) is 2.11. The van der Waals surface area contributed by atoms with Gasteiger partial charge >= 0.3 is 4.87 Å². The van der Waals surface area contributed by atoms with Crippen molar-refractivity contribution >= 4 is 23.1 Å². The Kier molecular flexibility index (Phi) is 3.38. The van der Waals surface area contributed by atoms with Crippen molar-refractivity contribution in [2.45, 2.75) is 13.5 Å². The number of anilines is 2. The van der Waals surface area contributed by atoms with Gasteiger partial charge < -0.3 is 15.6 Å². The van der Waals surface area contributed by atoms with Gasteiger partial charge in [-0.05, 0) is 6.92 Å². The molecule has 2 aromatic rings. The van der Waals surface area contributed by atoms with Gasteiger partial charge in [0.2, 0.25) is 5.95 Å². The zero-order valence-corrected chi connectivity index (χ0v) is 10.4. The lowest BCUT2D eigenvalue weighted by Gasteiger charge is -2.06. The average Bonchev–Trinajstić information content (AvgIpc) is 2.72. The van der Waals surface area contributed by atoms with E-state index in [0.29, 0.717) is 12.5 Å². The summed E-state index contributed by atoms with van der Waals surface area (Å²) in [6.45, 7) is 2.44. The van der Waals surface area contributed by atoms with Gasteiger partial charge in [-0.15, -0.1) is 0 Å². The fraction of sp³-hybridized carbons (Fsp3) is 0.300. The van der Waals surface area contributed by atoms with Crippen LogP contribution in [0.1, 0.15) is 11.4 Å². The summed E-state index contributed by atoms with van der Waals surface area (Å²) in [4.78, 5) is 22.1. The molecule has 0 aliphatic heterocycles. The Morgan fingerprint density at radius 1 is 1.47 bits per heavy atom. The molecular formula is C10H13N5OS. The predicted molar refractivity (Wildman–Crippen MR) is 68.6 cm³/mol. The van der Waals surface area contributed by atoms with E-state index >= 15 is 0 Å². The summed E-state index contributed by atoms with van der Waals surface area (Å²) >= 11 is 1.15. The highest BCUT2D eigenvalue weighted by molar-refractivity contribution is 7.07. The Balaban J connectivity index is 2.08. The minimum Gasteiger partial charge on any atom is -0.364 e. The van der Waals surface area contributed by atoms with Crippen LogP contribution in [-0.4, -0.2) is 22.0 Å². The largest absolute Gasteiger partial charge is 0.364 e. The number of H-pyrrole nitrogens is 1. The quantitative estimate of drug-likeness (QED) is 0.760. The van der Waals surface area contributed by atoms with Crippen LogP contribution >= 0.6 is 11.3 Å². The summed E-state index contributed by atoms with van der Waals surface area (Å²) in [5.74, 6) is 1.31. The normalized spacial score (nSPS) is 10.2. The van der Waals surface area contributed by atoms with Gasteiger partial charge in [-0.2, -0.15) is 4.98 Å². The minimum atomic E-state index is -0.0448. The van der Waals surface area contributed by atoms with E-state index in [-0.39, 0.29) is 4.87 Å². The fourth-order valence-electron chi connectivity index (χ4n) is 1.36. The van der Waals surface area contributed by atoms with Crippen LogP contribution in [0.2, 0.25) is 0 Å².